The fraction of sp³-hybridized carbons (Fsp3) is 0.643. The molecule has 3 nitrogen and oxygen atoms in total. The molecule has 1 aliphatic rings. The molecule has 1 fully saturated rings. The molecular formula is C14H23N3. The average Bonchev–Trinajstić information content (AvgIpc) is 2.60. The van der Waals surface area contributed by atoms with Crippen LogP contribution in [0.1, 0.15) is 44.1 Å². The number of pyridine rings is 1. The van der Waals surface area contributed by atoms with Crippen molar-refractivity contribution in [2.75, 3.05) is 17.7 Å². The van der Waals surface area contributed by atoms with E-state index in [-0.39, 0.29) is 0 Å². The smallest absolute Gasteiger partial charge is 0.130 e. The zero-order valence-electron chi connectivity index (χ0n) is 10.9. The van der Waals surface area contributed by atoms with Gasteiger partial charge in [0, 0.05) is 31.0 Å². The third kappa shape index (κ3) is 2.90. The van der Waals surface area contributed by atoms with Gasteiger partial charge in [-0.3, -0.25) is 0 Å². The summed E-state index contributed by atoms with van der Waals surface area (Å²) in [6.07, 6.45) is 9.89. The highest BCUT2D eigenvalue weighted by Crippen LogP contribution is 2.25. The quantitative estimate of drug-likeness (QED) is 0.798. The molecule has 0 saturated heterocycles. The van der Waals surface area contributed by atoms with Crippen molar-refractivity contribution in [2.45, 2.75) is 51.5 Å². The molecule has 17 heavy (non-hydrogen) atoms. The predicted molar refractivity (Wildman–Crippen MR) is 73.3 cm³/mol. The average molecular weight is 233 g/mol. The second-order valence-corrected chi connectivity index (χ2v) is 5.16. The van der Waals surface area contributed by atoms with E-state index in [2.05, 4.69) is 16.9 Å². The summed E-state index contributed by atoms with van der Waals surface area (Å²) in [5.41, 5.74) is 7.85. The van der Waals surface area contributed by atoms with E-state index in [1.807, 2.05) is 19.2 Å². The summed E-state index contributed by atoms with van der Waals surface area (Å²) in [7, 11) is 2.15. The first-order valence-electron chi connectivity index (χ1n) is 6.63. The minimum atomic E-state index is 0.632. The number of rotatable bonds is 2. The molecule has 0 radical (unpaired) electrons. The van der Waals surface area contributed by atoms with Gasteiger partial charge in [0.1, 0.15) is 5.82 Å². The minimum Gasteiger partial charge on any atom is -0.398 e. The van der Waals surface area contributed by atoms with Crippen LogP contribution < -0.4 is 10.6 Å². The fourth-order valence-electron chi connectivity index (χ4n) is 2.55. The first-order valence-corrected chi connectivity index (χ1v) is 6.63. The van der Waals surface area contributed by atoms with Crippen molar-refractivity contribution < 1.29 is 0 Å². The lowest BCUT2D eigenvalue weighted by Gasteiger charge is -2.28. The van der Waals surface area contributed by atoms with Crippen molar-refractivity contribution in [2.24, 2.45) is 0 Å². The van der Waals surface area contributed by atoms with E-state index in [1.54, 1.807) is 0 Å². The Kier molecular flexibility index (Phi) is 3.87. The molecule has 1 aromatic rings. The number of hydrogen-bond donors (Lipinski definition) is 1. The third-order valence-corrected chi connectivity index (χ3v) is 3.86. The van der Waals surface area contributed by atoms with Gasteiger partial charge in [0.15, 0.2) is 0 Å². The molecule has 0 atom stereocenters. The second-order valence-electron chi connectivity index (χ2n) is 5.16. The van der Waals surface area contributed by atoms with Crippen LogP contribution in [-0.2, 0) is 0 Å². The molecule has 1 heterocycles. The van der Waals surface area contributed by atoms with Crippen LogP contribution in [0.3, 0.4) is 0 Å². The molecule has 0 aromatic carbocycles. The van der Waals surface area contributed by atoms with Crippen LogP contribution in [0.5, 0.6) is 0 Å². The van der Waals surface area contributed by atoms with Gasteiger partial charge < -0.3 is 10.6 Å². The van der Waals surface area contributed by atoms with Crippen LogP contribution in [-0.4, -0.2) is 18.1 Å². The number of hydrogen-bond acceptors (Lipinski definition) is 3. The van der Waals surface area contributed by atoms with Crippen molar-refractivity contribution in [3.05, 3.63) is 17.8 Å². The predicted octanol–water partition coefficient (Wildman–Crippen LogP) is 3.13. The largest absolute Gasteiger partial charge is 0.398 e. The van der Waals surface area contributed by atoms with Crippen LogP contribution >= 0.6 is 0 Å². The summed E-state index contributed by atoms with van der Waals surface area (Å²) in [5, 5.41) is 0. The Labute approximate surface area is 104 Å². The van der Waals surface area contributed by atoms with E-state index in [1.165, 1.54) is 38.5 Å². The van der Waals surface area contributed by atoms with E-state index in [0.29, 0.717) is 6.04 Å². The molecule has 0 bridgehead atoms. The molecule has 0 spiro atoms. The van der Waals surface area contributed by atoms with Gasteiger partial charge >= 0.3 is 0 Å². The molecule has 2 N–H and O–H groups in total. The standard InChI is InChI=1S/C14H23N3/c1-11-10-16-14(9-13(11)15)17(2)12-7-5-3-4-6-8-12/h9-10,12H,3-8H2,1-2H3,(H2,15,16). The highest BCUT2D eigenvalue weighted by Gasteiger charge is 2.18. The van der Waals surface area contributed by atoms with Crippen molar-refractivity contribution in [3.8, 4) is 0 Å². The highest BCUT2D eigenvalue weighted by atomic mass is 15.2. The zero-order chi connectivity index (χ0) is 12.3. The third-order valence-electron chi connectivity index (χ3n) is 3.86. The molecular weight excluding hydrogens is 210 g/mol. The van der Waals surface area contributed by atoms with Gasteiger partial charge in [-0.2, -0.15) is 0 Å². The van der Waals surface area contributed by atoms with E-state index in [9.17, 15) is 0 Å². The molecule has 1 aromatic heterocycles. The summed E-state index contributed by atoms with van der Waals surface area (Å²) in [6.45, 7) is 2.00. The van der Waals surface area contributed by atoms with Crippen molar-refractivity contribution >= 4 is 11.5 Å². The number of aromatic nitrogens is 1. The van der Waals surface area contributed by atoms with Crippen molar-refractivity contribution in [3.63, 3.8) is 0 Å². The van der Waals surface area contributed by atoms with E-state index in [4.69, 9.17) is 5.73 Å². The zero-order valence-corrected chi connectivity index (χ0v) is 10.9. The van der Waals surface area contributed by atoms with E-state index >= 15 is 0 Å². The summed E-state index contributed by atoms with van der Waals surface area (Å²) >= 11 is 0. The number of nitrogens with zero attached hydrogens (tertiary/aromatic N) is 2. The summed E-state index contributed by atoms with van der Waals surface area (Å²) in [6, 6.07) is 2.63. The summed E-state index contributed by atoms with van der Waals surface area (Å²) < 4.78 is 0. The van der Waals surface area contributed by atoms with Crippen LogP contribution in [0, 0.1) is 6.92 Å². The lowest BCUT2D eigenvalue weighted by Crippen LogP contribution is -2.31. The number of anilines is 2. The molecule has 0 aliphatic heterocycles. The lowest BCUT2D eigenvalue weighted by molar-refractivity contribution is 0.549. The maximum atomic E-state index is 5.95. The second kappa shape index (κ2) is 5.39. The van der Waals surface area contributed by atoms with Gasteiger partial charge in [-0.1, -0.05) is 25.7 Å². The first kappa shape index (κ1) is 12.2. The molecule has 3 heteroatoms. The van der Waals surface area contributed by atoms with Gasteiger partial charge in [0.2, 0.25) is 0 Å². The Morgan fingerprint density at radius 1 is 1.24 bits per heavy atom. The van der Waals surface area contributed by atoms with Crippen LogP contribution in [0.25, 0.3) is 0 Å². The van der Waals surface area contributed by atoms with Gasteiger partial charge in [-0.25, -0.2) is 4.98 Å². The fourth-order valence-corrected chi connectivity index (χ4v) is 2.55. The Bertz CT molecular complexity index is 368. The van der Waals surface area contributed by atoms with Crippen LogP contribution in [0.2, 0.25) is 0 Å². The van der Waals surface area contributed by atoms with Crippen molar-refractivity contribution in [1.29, 1.82) is 0 Å². The summed E-state index contributed by atoms with van der Waals surface area (Å²) in [4.78, 5) is 6.80. The normalized spacial score (nSPS) is 17.8. The molecule has 94 valence electrons. The molecule has 0 amide bonds. The molecule has 0 unspecified atom stereocenters. The van der Waals surface area contributed by atoms with Gasteiger partial charge in [-0.05, 0) is 25.3 Å². The molecule has 1 aliphatic carbocycles. The highest BCUT2D eigenvalue weighted by molar-refractivity contribution is 5.54. The van der Waals surface area contributed by atoms with Crippen LogP contribution in [0.4, 0.5) is 11.5 Å². The first-order chi connectivity index (χ1) is 8.18. The number of aryl methyl sites for hydroxylation is 1. The Balaban J connectivity index is 2.11. The Morgan fingerprint density at radius 2 is 1.88 bits per heavy atom. The maximum Gasteiger partial charge on any atom is 0.130 e. The van der Waals surface area contributed by atoms with Gasteiger partial charge in [0.25, 0.3) is 0 Å². The van der Waals surface area contributed by atoms with E-state index in [0.717, 1.165) is 17.1 Å². The van der Waals surface area contributed by atoms with Gasteiger partial charge in [0.05, 0.1) is 0 Å². The van der Waals surface area contributed by atoms with E-state index < -0.39 is 0 Å². The number of nitrogens with two attached hydrogens (primary N) is 1. The molecule has 1 saturated carbocycles. The van der Waals surface area contributed by atoms with Crippen LogP contribution in [0.15, 0.2) is 12.3 Å². The maximum absolute atomic E-state index is 5.95. The Morgan fingerprint density at radius 3 is 2.47 bits per heavy atom. The Hall–Kier alpha value is -1.25. The monoisotopic (exact) mass is 233 g/mol. The van der Waals surface area contributed by atoms with Gasteiger partial charge in [-0.15, -0.1) is 0 Å². The lowest BCUT2D eigenvalue weighted by atomic mass is 10.1. The van der Waals surface area contributed by atoms with Crippen molar-refractivity contribution in [1.82, 2.24) is 4.98 Å². The topological polar surface area (TPSA) is 42.2 Å². The minimum absolute atomic E-state index is 0.632. The molecule has 2 rings (SSSR count). The number of nitrogen functional groups attached to an aromatic ring is 1. The SMILES string of the molecule is Cc1cnc(N(C)C2CCCCCC2)cc1N. The summed E-state index contributed by atoms with van der Waals surface area (Å²) in [5.74, 6) is 1.01.